The standard InChI is InChI=1S/C17H16N6OS/c1-25-13-6-4-12(5-7-13)8-9-18-16-19-11-23-17(21-16)20-15(22-23)14-3-2-10-24-14/h2-7,10-11H,8-9H2,1H3,(H,18,20,21,22). The number of rotatable bonds is 6. The number of thioether (sulfide) groups is 1. The van der Waals surface area contributed by atoms with Crippen molar-refractivity contribution in [3.8, 4) is 11.6 Å². The fourth-order valence-corrected chi connectivity index (χ4v) is 2.82. The second-order valence-corrected chi connectivity index (χ2v) is 6.24. The van der Waals surface area contributed by atoms with E-state index in [2.05, 4.69) is 55.9 Å². The van der Waals surface area contributed by atoms with E-state index in [4.69, 9.17) is 4.42 Å². The van der Waals surface area contributed by atoms with Gasteiger partial charge in [-0.1, -0.05) is 12.1 Å². The Labute approximate surface area is 148 Å². The number of benzene rings is 1. The zero-order valence-corrected chi connectivity index (χ0v) is 14.4. The van der Waals surface area contributed by atoms with Crippen LogP contribution in [-0.4, -0.2) is 37.4 Å². The molecule has 0 saturated carbocycles. The highest BCUT2D eigenvalue weighted by molar-refractivity contribution is 7.98. The molecule has 0 aliphatic rings. The van der Waals surface area contributed by atoms with Gasteiger partial charge in [-0.15, -0.1) is 16.9 Å². The Morgan fingerprint density at radius 3 is 2.80 bits per heavy atom. The molecule has 4 aromatic rings. The Morgan fingerprint density at radius 2 is 2.04 bits per heavy atom. The van der Waals surface area contributed by atoms with Crippen molar-refractivity contribution in [3.63, 3.8) is 0 Å². The number of nitrogens with one attached hydrogen (secondary N) is 1. The molecule has 7 nitrogen and oxygen atoms in total. The van der Waals surface area contributed by atoms with Gasteiger partial charge in [0.2, 0.25) is 11.8 Å². The highest BCUT2D eigenvalue weighted by Gasteiger charge is 2.10. The number of hydrogen-bond acceptors (Lipinski definition) is 7. The lowest BCUT2D eigenvalue weighted by molar-refractivity contribution is 0.577. The number of fused-ring (bicyclic) bond motifs is 1. The Balaban J connectivity index is 1.42. The van der Waals surface area contributed by atoms with Crippen molar-refractivity contribution >= 4 is 23.5 Å². The van der Waals surface area contributed by atoms with Gasteiger partial charge in [0.05, 0.1) is 6.26 Å². The summed E-state index contributed by atoms with van der Waals surface area (Å²) in [6.45, 7) is 0.744. The van der Waals surface area contributed by atoms with Crippen LogP contribution in [0.3, 0.4) is 0 Å². The van der Waals surface area contributed by atoms with Crippen molar-refractivity contribution in [2.45, 2.75) is 11.3 Å². The van der Waals surface area contributed by atoms with Crippen LogP contribution in [0.1, 0.15) is 5.56 Å². The normalized spacial score (nSPS) is 11.1. The largest absolute Gasteiger partial charge is 0.461 e. The van der Waals surface area contributed by atoms with Gasteiger partial charge in [-0.25, -0.2) is 4.98 Å². The van der Waals surface area contributed by atoms with Gasteiger partial charge >= 0.3 is 0 Å². The third-order valence-electron chi connectivity index (χ3n) is 3.71. The second-order valence-electron chi connectivity index (χ2n) is 5.36. The molecule has 8 heteroatoms. The van der Waals surface area contributed by atoms with Crippen LogP contribution in [0.25, 0.3) is 17.4 Å². The van der Waals surface area contributed by atoms with Gasteiger partial charge in [0, 0.05) is 11.4 Å². The lowest BCUT2D eigenvalue weighted by Crippen LogP contribution is -2.09. The summed E-state index contributed by atoms with van der Waals surface area (Å²) >= 11 is 1.74. The van der Waals surface area contributed by atoms with Gasteiger partial charge in [-0.05, 0) is 42.5 Å². The summed E-state index contributed by atoms with van der Waals surface area (Å²) in [4.78, 5) is 14.3. The van der Waals surface area contributed by atoms with E-state index < -0.39 is 0 Å². The lowest BCUT2D eigenvalue weighted by Gasteiger charge is -2.05. The molecule has 1 N–H and O–H groups in total. The summed E-state index contributed by atoms with van der Waals surface area (Å²) in [5, 5.41) is 7.52. The van der Waals surface area contributed by atoms with E-state index in [-0.39, 0.29) is 0 Å². The number of hydrogen-bond donors (Lipinski definition) is 1. The molecule has 0 amide bonds. The lowest BCUT2D eigenvalue weighted by atomic mass is 10.1. The highest BCUT2D eigenvalue weighted by Crippen LogP contribution is 2.16. The Bertz CT molecular complexity index is 965. The van der Waals surface area contributed by atoms with Crippen molar-refractivity contribution in [1.82, 2.24) is 24.6 Å². The first-order chi connectivity index (χ1) is 12.3. The zero-order valence-electron chi connectivity index (χ0n) is 13.6. The predicted molar refractivity (Wildman–Crippen MR) is 96.7 cm³/mol. The number of furan rings is 1. The molecule has 0 fully saturated rings. The molecule has 0 aliphatic heterocycles. The first kappa shape index (κ1) is 15.6. The van der Waals surface area contributed by atoms with E-state index in [1.807, 2.05) is 6.07 Å². The first-order valence-corrected chi connectivity index (χ1v) is 9.04. The van der Waals surface area contributed by atoms with E-state index in [0.29, 0.717) is 23.3 Å². The quantitative estimate of drug-likeness (QED) is 0.534. The Kier molecular flexibility index (Phi) is 4.34. The summed E-state index contributed by atoms with van der Waals surface area (Å²) in [6.07, 6.45) is 6.15. The summed E-state index contributed by atoms with van der Waals surface area (Å²) in [5.41, 5.74) is 1.27. The van der Waals surface area contributed by atoms with Gasteiger partial charge < -0.3 is 9.73 Å². The molecule has 0 saturated heterocycles. The highest BCUT2D eigenvalue weighted by atomic mass is 32.2. The van der Waals surface area contributed by atoms with Crippen LogP contribution in [-0.2, 0) is 6.42 Å². The maximum atomic E-state index is 5.31. The second kappa shape index (κ2) is 6.94. The van der Waals surface area contributed by atoms with E-state index in [1.54, 1.807) is 30.4 Å². The molecule has 0 atom stereocenters. The third-order valence-corrected chi connectivity index (χ3v) is 4.45. The minimum atomic E-state index is 0.480. The molecule has 25 heavy (non-hydrogen) atoms. The van der Waals surface area contributed by atoms with Crippen LogP contribution >= 0.6 is 11.8 Å². The smallest absolute Gasteiger partial charge is 0.257 e. The molecule has 0 radical (unpaired) electrons. The molecule has 0 unspecified atom stereocenters. The number of aromatic nitrogens is 5. The summed E-state index contributed by atoms with van der Waals surface area (Å²) < 4.78 is 6.84. The predicted octanol–water partition coefficient (Wildman–Crippen LogP) is 3.16. The van der Waals surface area contributed by atoms with Gasteiger partial charge in [0.15, 0.2) is 5.76 Å². The van der Waals surface area contributed by atoms with Crippen molar-refractivity contribution in [3.05, 3.63) is 54.6 Å². The molecule has 4 rings (SSSR count). The monoisotopic (exact) mass is 352 g/mol. The van der Waals surface area contributed by atoms with Crippen LogP contribution < -0.4 is 5.32 Å². The van der Waals surface area contributed by atoms with Gasteiger partial charge in [0.1, 0.15) is 6.33 Å². The van der Waals surface area contributed by atoms with E-state index in [1.165, 1.54) is 15.0 Å². The van der Waals surface area contributed by atoms with Crippen LogP contribution in [0.15, 0.2) is 58.3 Å². The third kappa shape index (κ3) is 3.48. The van der Waals surface area contributed by atoms with E-state index in [9.17, 15) is 0 Å². The SMILES string of the molecule is CSc1ccc(CCNc2ncn3nc(-c4ccco4)nc3n2)cc1. The molecule has 3 aromatic heterocycles. The zero-order chi connectivity index (χ0) is 17.1. The van der Waals surface area contributed by atoms with Gasteiger partial charge in [-0.3, -0.25) is 0 Å². The van der Waals surface area contributed by atoms with Crippen LogP contribution in [0, 0.1) is 0 Å². The minimum Gasteiger partial charge on any atom is -0.461 e. The molecule has 126 valence electrons. The summed E-state index contributed by atoms with van der Waals surface area (Å²) in [5.74, 6) is 2.11. The molecule has 0 bridgehead atoms. The fourth-order valence-electron chi connectivity index (χ4n) is 2.41. The summed E-state index contributed by atoms with van der Waals surface area (Å²) in [7, 11) is 0. The first-order valence-electron chi connectivity index (χ1n) is 7.82. The number of nitrogens with zero attached hydrogens (tertiary/aromatic N) is 5. The Hall–Kier alpha value is -2.87. The fraction of sp³-hybridized carbons (Fsp3) is 0.176. The van der Waals surface area contributed by atoms with E-state index >= 15 is 0 Å². The van der Waals surface area contributed by atoms with E-state index in [0.717, 1.165) is 13.0 Å². The molecule has 0 spiro atoms. The maximum absolute atomic E-state index is 5.31. The van der Waals surface area contributed by atoms with Gasteiger partial charge in [0.25, 0.3) is 5.78 Å². The molecule has 0 aliphatic carbocycles. The van der Waals surface area contributed by atoms with Crippen molar-refractivity contribution < 1.29 is 4.42 Å². The molecular weight excluding hydrogens is 336 g/mol. The van der Waals surface area contributed by atoms with Crippen LogP contribution in [0.4, 0.5) is 5.95 Å². The van der Waals surface area contributed by atoms with Crippen molar-refractivity contribution in [2.24, 2.45) is 0 Å². The topological polar surface area (TPSA) is 81.1 Å². The minimum absolute atomic E-state index is 0.480. The molecule has 1 aromatic carbocycles. The van der Waals surface area contributed by atoms with Crippen LogP contribution in [0.5, 0.6) is 0 Å². The van der Waals surface area contributed by atoms with Crippen molar-refractivity contribution in [1.29, 1.82) is 0 Å². The average molecular weight is 352 g/mol. The Morgan fingerprint density at radius 1 is 1.16 bits per heavy atom. The van der Waals surface area contributed by atoms with Gasteiger partial charge in [-0.2, -0.15) is 14.5 Å². The molecular formula is C17H16N6OS. The van der Waals surface area contributed by atoms with Crippen molar-refractivity contribution in [2.75, 3.05) is 18.1 Å². The number of anilines is 1. The average Bonchev–Trinajstić information content (AvgIpc) is 3.31. The maximum Gasteiger partial charge on any atom is 0.257 e. The summed E-state index contributed by atoms with van der Waals surface area (Å²) in [6, 6.07) is 12.2. The van der Waals surface area contributed by atoms with Crippen LogP contribution in [0.2, 0.25) is 0 Å². The molecule has 3 heterocycles.